The van der Waals surface area contributed by atoms with Gasteiger partial charge in [-0.2, -0.15) is 0 Å². The molecule has 0 heterocycles. The second-order valence-electron chi connectivity index (χ2n) is 7.48. The molecule has 0 amide bonds. The maximum absolute atomic E-state index is 3.66. The summed E-state index contributed by atoms with van der Waals surface area (Å²) in [4.78, 5) is 2.42. The molecule has 2 nitrogen and oxygen atoms in total. The van der Waals surface area contributed by atoms with Crippen LogP contribution in [0.4, 0.5) is 22.7 Å². The predicted octanol–water partition coefficient (Wildman–Crippen LogP) is 8.25. The van der Waals surface area contributed by atoms with Gasteiger partial charge in [-0.05, 0) is 68.3 Å². The summed E-state index contributed by atoms with van der Waals surface area (Å²) in [6.45, 7) is 6.45. The molecular weight excluding hydrogens is 384 g/mol. The third-order valence-corrected chi connectivity index (χ3v) is 6.07. The highest BCUT2D eigenvalue weighted by Crippen LogP contribution is 2.37. The van der Waals surface area contributed by atoms with Crippen LogP contribution in [0.2, 0.25) is 0 Å². The average molecular weight is 411 g/mol. The Hall–Kier alpha value is -3.17. The number of rotatable bonds is 6. The quantitative estimate of drug-likeness (QED) is 0.334. The van der Waals surface area contributed by atoms with Crippen LogP contribution in [0, 0.1) is 20.8 Å². The molecule has 4 rings (SSSR count). The summed E-state index contributed by atoms with van der Waals surface area (Å²) in [5, 5.41) is 7.31. The van der Waals surface area contributed by atoms with Crippen LogP contribution in [0.25, 0.3) is 0 Å². The van der Waals surface area contributed by atoms with Gasteiger partial charge in [-0.25, -0.2) is 0 Å². The maximum Gasteiger partial charge on any atom is 0.0623 e. The fraction of sp³-hybridized carbons (Fsp3) is 0.111. The summed E-state index contributed by atoms with van der Waals surface area (Å²) in [5.74, 6) is 0. The number of nitrogens with one attached hydrogen (secondary N) is 2. The standard InChI is InChI=1S/C27H26N2S/c1-19-17-20(2)27(21(3)18-19)29-24-14-8-7-13-23(24)28-25-15-9-10-16-26(25)30-22-11-5-4-6-12-22/h4-18,28-29H,1-3H3. The number of benzene rings is 4. The summed E-state index contributed by atoms with van der Waals surface area (Å²) in [6.07, 6.45) is 0. The molecule has 30 heavy (non-hydrogen) atoms. The first kappa shape index (κ1) is 20.1. The van der Waals surface area contributed by atoms with Crippen LogP contribution < -0.4 is 10.6 Å². The average Bonchev–Trinajstić information content (AvgIpc) is 2.74. The van der Waals surface area contributed by atoms with Crippen molar-refractivity contribution in [3.05, 3.63) is 108 Å². The van der Waals surface area contributed by atoms with E-state index in [9.17, 15) is 0 Å². The lowest BCUT2D eigenvalue weighted by Gasteiger charge is -2.19. The highest BCUT2D eigenvalue weighted by atomic mass is 32.2. The summed E-state index contributed by atoms with van der Waals surface area (Å²) in [5.41, 5.74) is 8.17. The van der Waals surface area contributed by atoms with Gasteiger partial charge < -0.3 is 10.6 Å². The van der Waals surface area contributed by atoms with Crippen molar-refractivity contribution in [3.8, 4) is 0 Å². The molecule has 0 fully saturated rings. The van der Waals surface area contributed by atoms with Gasteiger partial charge >= 0.3 is 0 Å². The lowest BCUT2D eigenvalue weighted by Crippen LogP contribution is -2.01. The van der Waals surface area contributed by atoms with Crippen molar-refractivity contribution in [1.29, 1.82) is 0 Å². The van der Waals surface area contributed by atoms with E-state index in [1.165, 1.54) is 32.2 Å². The Bertz CT molecular complexity index is 1130. The normalized spacial score (nSPS) is 10.6. The minimum absolute atomic E-state index is 1.05. The zero-order valence-corrected chi connectivity index (χ0v) is 18.4. The first-order valence-corrected chi connectivity index (χ1v) is 10.9. The van der Waals surface area contributed by atoms with Crippen molar-refractivity contribution in [3.63, 3.8) is 0 Å². The van der Waals surface area contributed by atoms with E-state index in [4.69, 9.17) is 0 Å². The molecule has 4 aromatic carbocycles. The molecule has 0 atom stereocenters. The van der Waals surface area contributed by atoms with E-state index in [2.05, 4.69) is 116 Å². The molecule has 0 saturated heterocycles. The number of anilines is 4. The zero-order valence-electron chi connectivity index (χ0n) is 17.6. The number of hydrogen-bond donors (Lipinski definition) is 2. The van der Waals surface area contributed by atoms with Gasteiger partial charge in [-0.1, -0.05) is 71.9 Å². The van der Waals surface area contributed by atoms with E-state index >= 15 is 0 Å². The highest BCUT2D eigenvalue weighted by molar-refractivity contribution is 7.99. The van der Waals surface area contributed by atoms with E-state index < -0.39 is 0 Å². The summed E-state index contributed by atoms with van der Waals surface area (Å²) >= 11 is 1.77. The van der Waals surface area contributed by atoms with Crippen molar-refractivity contribution in [1.82, 2.24) is 0 Å². The number of hydrogen-bond acceptors (Lipinski definition) is 3. The Labute approximate surface area is 183 Å². The SMILES string of the molecule is Cc1cc(C)c(Nc2ccccc2Nc2ccccc2Sc2ccccc2)c(C)c1. The minimum Gasteiger partial charge on any atom is -0.353 e. The van der Waals surface area contributed by atoms with Crippen molar-refractivity contribution in [2.45, 2.75) is 30.6 Å². The second kappa shape index (κ2) is 9.10. The van der Waals surface area contributed by atoms with Crippen molar-refractivity contribution in [2.24, 2.45) is 0 Å². The fourth-order valence-corrected chi connectivity index (χ4v) is 4.56. The van der Waals surface area contributed by atoms with Gasteiger partial charge in [0, 0.05) is 15.5 Å². The van der Waals surface area contributed by atoms with E-state index in [1.54, 1.807) is 11.8 Å². The van der Waals surface area contributed by atoms with Gasteiger partial charge in [0.25, 0.3) is 0 Å². The van der Waals surface area contributed by atoms with Crippen molar-refractivity contribution in [2.75, 3.05) is 10.6 Å². The molecule has 0 bridgehead atoms. The van der Waals surface area contributed by atoms with Gasteiger partial charge in [-0.15, -0.1) is 0 Å². The van der Waals surface area contributed by atoms with Gasteiger partial charge in [0.05, 0.1) is 17.1 Å². The van der Waals surface area contributed by atoms with Crippen LogP contribution in [0.5, 0.6) is 0 Å². The highest BCUT2D eigenvalue weighted by Gasteiger charge is 2.10. The van der Waals surface area contributed by atoms with E-state index in [-0.39, 0.29) is 0 Å². The summed E-state index contributed by atoms with van der Waals surface area (Å²) in [6, 6.07) is 31.7. The van der Waals surface area contributed by atoms with Crippen LogP contribution >= 0.6 is 11.8 Å². The van der Waals surface area contributed by atoms with Gasteiger partial charge in [0.2, 0.25) is 0 Å². The van der Waals surface area contributed by atoms with Crippen LogP contribution in [-0.4, -0.2) is 0 Å². The molecule has 3 heteroatoms. The molecule has 0 saturated carbocycles. The van der Waals surface area contributed by atoms with E-state index in [0.717, 1.165) is 17.1 Å². The van der Waals surface area contributed by atoms with Crippen LogP contribution in [0.15, 0.2) is 101 Å². The second-order valence-corrected chi connectivity index (χ2v) is 8.60. The molecule has 0 aliphatic rings. The summed E-state index contributed by atoms with van der Waals surface area (Å²) in [7, 11) is 0. The Morgan fingerprint density at radius 2 is 1.10 bits per heavy atom. The Kier molecular flexibility index (Phi) is 6.10. The lowest BCUT2D eigenvalue weighted by atomic mass is 10.0. The van der Waals surface area contributed by atoms with Crippen molar-refractivity contribution >= 4 is 34.5 Å². The van der Waals surface area contributed by atoms with E-state index in [0.29, 0.717) is 0 Å². The molecule has 4 aromatic rings. The Balaban J connectivity index is 1.63. The molecule has 0 aliphatic heterocycles. The fourth-order valence-electron chi connectivity index (χ4n) is 3.63. The lowest BCUT2D eigenvalue weighted by molar-refractivity contribution is 1.31. The van der Waals surface area contributed by atoms with Crippen LogP contribution in [-0.2, 0) is 0 Å². The Morgan fingerprint density at radius 3 is 1.77 bits per heavy atom. The largest absolute Gasteiger partial charge is 0.353 e. The summed E-state index contributed by atoms with van der Waals surface area (Å²) < 4.78 is 0. The monoisotopic (exact) mass is 410 g/mol. The molecule has 0 radical (unpaired) electrons. The Morgan fingerprint density at radius 1 is 0.567 bits per heavy atom. The predicted molar refractivity (Wildman–Crippen MR) is 131 cm³/mol. The first-order valence-electron chi connectivity index (χ1n) is 10.1. The smallest absolute Gasteiger partial charge is 0.0623 e. The third kappa shape index (κ3) is 4.69. The van der Waals surface area contributed by atoms with E-state index in [1.807, 2.05) is 6.07 Å². The molecule has 0 aliphatic carbocycles. The molecule has 0 spiro atoms. The zero-order chi connectivity index (χ0) is 20.9. The first-order chi connectivity index (χ1) is 14.6. The molecular formula is C27H26N2S. The molecule has 0 unspecified atom stereocenters. The third-order valence-electron chi connectivity index (χ3n) is 4.99. The molecule has 2 N–H and O–H groups in total. The molecule has 0 aromatic heterocycles. The number of aryl methyl sites for hydroxylation is 3. The van der Waals surface area contributed by atoms with Gasteiger partial charge in [0.1, 0.15) is 0 Å². The topological polar surface area (TPSA) is 24.1 Å². The van der Waals surface area contributed by atoms with Crippen LogP contribution in [0.3, 0.4) is 0 Å². The maximum atomic E-state index is 3.66. The van der Waals surface area contributed by atoms with Crippen molar-refractivity contribution < 1.29 is 0 Å². The van der Waals surface area contributed by atoms with Gasteiger partial charge in [0.15, 0.2) is 0 Å². The minimum atomic E-state index is 1.05. The van der Waals surface area contributed by atoms with Gasteiger partial charge in [-0.3, -0.25) is 0 Å². The number of para-hydroxylation sites is 3. The molecule has 150 valence electrons. The van der Waals surface area contributed by atoms with Crippen LogP contribution in [0.1, 0.15) is 16.7 Å².